The van der Waals surface area contributed by atoms with Gasteiger partial charge in [0.2, 0.25) is 5.91 Å². The number of methoxy groups -OCH3 is 1. The van der Waals surface area contributed by atoms with E-state index in [0.29, 0.717) is 5.92 Å². The second-order valence-corrected chi connectivity index (χ2v) is 4.75. The van der Waals surface area contributed by atoms with Gasteiger partial charge in [-0.1, -0.05) is 30.3 Å². The maximum Gasteiger partial charge on any atom is 0.249 e. The van der Waals surface area contributed by atoms with Crippen molar-refractivity contribution in [3.05, 3.63) is 35.9 Å². The van der Waals surface area contributed by atoms with Crippen molar-refractivity contribution in [3.63, 3.8) is 0 Å². The molecule has 2 rings (SSSR count). The molecular formula is C14H19NO2. The highest BCUT2D eigenvalue weighted by molar-refractivity contribution is 5.83. The molecule has 0 heterocycles. The average Bonchev–Trinajstić information content (AvgIpc) is 2.39. The summed E-state index contributed by atoms with van der Waals surface area (Å²) in [7, 11) is 1.58. The molecule has 3 nitrogen and oxygen atoms in total. The summed E-state index contributed by atoms with van der Waals surface area (Å²) < 4.78 is 5.35. The van der Waals surface area contributed by atoms with Crippen LogP contribution in [0.5, 0.6) is 0 Å². The number of nitrogens with two attached hydrogens (primary N) is 1. The molecule has 0 saturated heterocycles. The average molecular weight is 233 g/mol. The molecule has 0 bridgehead atoms. The van der Waals surface area contributed by atoms with Gasteiger partial charge in [-0.3, -0.25) is 4.79 Å². The van der Waals surface area contributed by atoms with Crippen LogP contribution in [0.25, 0.3) is 0 Å². The second kappa shape index (κ2) is 4.88. The highest BCUT2D eigenvalue weighted by Gasteiger charge is 2.40. The number of carbonyl (C=O) groups excluding carboxylic acids is 1. The molecule has 0 spiro atoms. The minimum absolute atomic E-state index is 0.327. The largest absolute Gasteiger partial charge is 0.368 e. The molecule has 1 saturated carbocycles. The van der Waals surface area contributed by atoms with E-state index in [4.69, 9.17) is 10.5 Å². The van der Waals surface area contributed by atoms with Gasteiger partial charge in [-0.2, -0.15) is 0 Å². The van der Waals surface area contributed by atoms with Crippen molar-refractivity contribution in [1.82, 2.24) is 0 Å². The predicted molar refractivity (Wildman–Crippen MR) is 66.6 cm³/mol. The normalized spacial score (nSPS) is 28.9. The zero-order chi connectivity index (χ0) is 12.3. The maximum absolute atomic E-state index is 11.4. The zero-order valence-corrected chi connectivity index (χ0v) is 10.2. The summed E-state index contributed by atoms with van der Waals surface area (Å²) >= 11 is 0. The first-order chi connectivity index (χ1) is 8.18. The number of amides is 1. The van der Waals surface area contributed by atoms with Crippen molar-refractivity contribution in [2.45, 2.75) is 37.2 Å². The molecule has 1 amide bonds. The van der Waals surface area contributed by atoms with Gasteiger partial charge in [-0.25, -0.2) is 0 Å². The van der Waals surface area contributed by atoms with Crippen LogP contribution >= 0.6 is 0 Å². The lowest BCUT2D eigenvalue weighted by molar-refractivity contribution is -0.144. The molecule has 1 aliphatic rings. The molecular weight excluding hydrogens is 214 g/mol. The highest BCUT2D eigenvalue weighted by Crippen LogP contribution is 2.39. The predicted octanol–water partition coefficient (Wildman–Crippen LogP) is 2.21. The summed E-state index contributed by atoms with van der Waals surface area (Å²) in [5.41, 5.74) is 6.05. The van der Waals surface area contributed by atoms with E-state index >= 15 is 0 Å². The molecule has 17 heavy (non-hydrogen) atoms. The smallest absolute Gasteiger partial charge is 0.249 e. The van der Waals surface area contributed by atoms with Gasteiger partial charge < -0.3 is 10.5 Å². The number of primary amides is 1. The Morgan fingerprint density at radius 1 is 1.29 bits per heavy atom. The molecule has 0 atom stereocenters. The molecule has 0 unspecified atom stereocenters. The van der Waals surface area contributed by atoms with E-state index in [0.717, 1.165) is 25.7 Å². The topological polar surface area (TPSA) is 52.3 Å². The molecule has 1 aromatic rings. The molecule has 1 aromatic carbocycles. The van der Waals surface area contributed by atoms with Crippen molar-refractivity contribution in [1.29, 1.82) is 0 Å². The summed E-state index contributed by atoms with van der Waals surface area (Å²) in [6.45, 7) is 0. The van der Waals surface area contributed by atoms with E-state index in [-0.39, 0.29) is 5.91 Å². The third-order valence-electron chi connectivity index (χ3n) is 3.90. The molecule has 92 valence electrons. The SMILES string of the molecule is COC1(C(N)=O)CCC(c2ccccc2)CC1. The molecule has 0 aromatic heterocycles. The Morgan fingerprint density at radius 2 is 1.88 bits per heavy atom. The van der Waals surface area contributed by atoms with Crippen molar-refractivity contribution >= 4 is 5.91 Å². The fourth-order valence-corrected chi connectivity index (χ4v) is 2.69. The van der Waals surface area contributed by atoms with E-state index in [1.54, 1.807) is 7.11 Å². The Kier molecular flexibility index (Phi) is 3.48. The van der Waals surface area contributed by atoms with E-state index in [9.17, 15) is 4.79 Å². The maximum atomic E-state index is 11.4. The first-order valence-corrected chi connectivity index (χ1v) is 6.08. The molecule has 0 radical (unpaired) electrons. The van der Waals surface area contributed by atoms with Crippen LogP contribution in [0.1, 0.15) is 37.2 Å². The minimum atomic E-state index is -0.731. The van der Waals surface area contributed by atoms with Gasteiger partial charge in [-0.05, 0) is 37.2 Å². The van der Waals surface area contributed by atoms with E-state index in [2.05, 4.69) is 24.3 Å². The quantitative estimate of drug-likeness (QED) is 0.870. The molecule has 1 fully saturated rings. The van der Waals surface area contributed by atoms with Crippen molar-refractivity contribution < 1.29 is 9.53 Å². The summed E-state index contributed by atoms with van der Waals surface area (Å²) in [5, 5.41) is 0. The zero-order valence-electron chi connectivity index (χ0n) is 10.2. The Morgan fingerprint density at radius 3 is 2.35 bits per heavy atom. The van der Waals surface area contributed by atoms with Gasteiger partial charge in [0.1, 0.15) is 5.60 Å². The first-order valence-electron chi connectivity index (χ1n) is 6.08. The summed E-state index contributed by atoms with van der Waals surface area (Å²) in [6, 6.07) is 10.4. The number of hydrogen-bond acceptors (Lipinski definition) is 2. The lowest BCUT2D eigenvalue weighted by atomic mass is 9.75. The standard InChI is InChI=1S/C14H19NO2/c1-17-14(13(15)16)9-7-12(8-10-14)11-5-3-2-4-6-11/h2-6,12H,7-10H2,1H3,(H2,15,16). The van der Waals surface area contributed by atoms with Crippen molar-refractivity contribution in [3.8, 4) is 0 Å². The Labute approximate surface area is 102 Å². The third kappa shape index (κ3) is 2.34. The fourth-order valence-electron chi connectivity index (χ4n) is 2.69. The van der Waals surface area contributed by atoms with Gasteiger partial charge in [0.05, 0.1) is 0 Å². The van der Waals surface area contributed by atoms with Crippen LogP contribution in [0, 0.1) is 0 Å². The minimum Gasteiger partial charge on any atom is -0.368 e. The van der Waals surface area contributed by atoms with E-state index < -0.39 is 5.60 Å². The van der Waals surface area contributed by atoms with Gasteiger partial charge in [0.15, 0.2) is 0 Å². The monoisotopic (exact) mass is 233 g/mol. The lowest BCUT2D eigenvalue weighted by Gasteiger charge is -2.36. The fraction of sp³-hybridized carbons (Fsp3) is 0.500. The Balaban J connectivity index is 2.05. The van der Waals surface area contributed by atoms with Crippen LogP contribution < -0.4 is 5.73 Å². The first kappa shape index (κ1) is 12.1. The van der Waals surface area contributed by atoms with Gasteiger partial charge >= 0.3 is 0 Å². The molecule has 0 aliphatic heterocycles. The summed E-state index contributed by atoms with van der Waals surface area (Å²) in [5.74, 6) is 0.199. The van der Waals surface area contributed by atoms with Crippen LogP contribution in [0.15, 0.2) is 30.3 Å². The van der Waals surface area contributed by atoms with Crippen LogP contribution in [-0.4, -0.2) is 18.6 Å². The Bertz CT molecular complexity index is 380. The molecule has 1 aliphatic carbocycles. The number of carbonyl (C=O) groups is 1. The Hall–Kier alpha value is -1.35. The lowest BCUT2D eigenvalue weighted by Crippen LogP contribution is -2.47. The number of ether oxygens (including phenoxy) is 1. The molecule has 2 N–H and O–H groups in total. The van der Waals surface area contributed by atoms with Gasteiger partial charge in [0.25, 0.3) is 0 Å². The second-order valence-electron chi connectivity index (χ2n) is 4.75. The van der Waals surface area contributed by atoms with Crippen LogP contribution in [0.2, 0.25) is 0 Å². The van der Waals surface area contributed by atoms with Crippen molar-refractivity contribution in [2.75, 3.05) is 7.11 Å². The van der Waals surface area contributed by atoms with E-state index in [1.807, 2.05) is 6.07 Å². The number of benzene rings is 1. The molecule has 3 heteroatoms. The highest BCUT2D eigenvalue weighted by atomic mass is 16.5. The number of hydrogen-bond donors (Lipinski definition) is 1. The van der Waals surface area contributed by atoms with Gasteiger partial charge in [0, 0.05) is 7.11 Å². The summed E-state index contributed by atoms with van der Waals surface area (Å²) in [4.78, 5) is 11.4. The van der Waals surface area contributed by atoms with Crippen molar-refractivity contribution in [2.24, 2.45) is 5.73 Å². The van der Waals surface area contributed by atoms with E-state index in [1.165, 1.54) is 5.56 Å². The summed E-state index contributed by atoms with van der Waals surface area (Å²) in [6.07, 6.45) is 3.36. The number of rotatable bonds is 3. The third-order valence-corrected chi connectivity index (χ3v) is 3.90. The van der Waals surface area contributed by atoms with Gasteiger partial charge in [-0.15, -0.1) is 0 Å². The van der Waals surface area contributed by atoms with Crippen LogP contribution in [0.3, 0.4) is 0 Å². The van der Waals surface area contributed by atoms with Crippen LogP contribution in [0.4, 0.5) is 0 Å². The van der Waals surface area contributed by atoms with Crippen LogP contribution in [-0.2, 0) is 9.53 Å².